The van der Waals surface area contributed by atoms with Crippen LogP contribution in [0.15, 0.2) is 0 Å². The molecule has 0 saturated carbocycles. The lowest BCUT2D eigenvalue weighted by molar-refractivity contribution is -0.125. The highest BCUT2D eigenvalue weighted by atomic mass is 16.4. The van der Waals surface area contributed by atoms with Gasteiger partial charge in [0.05, 0.1) is 11.2 Å². The molecule has 0 bridgehead atoms. The zero-order chi connectivity index (χ0) is 9.12. The maximum Gasteiger partial charge on any atom is 0.0900 e. The van der Waals surface area contributed by atoms with Gasteiger partial charge in [-0.3, -0.25) is 0 Å². The van der Waals surface area contributed by atoms with Gasteiger partial charge < -0.3 is 15.3 Å². The van der Waals surface area contributed by atoms with Gasteiger partial charge in [0.15, 0.2) is 0 Å². The molecule has 0 saturated heterocycles. The topological polar surface area (TPSA) is 60.7 Å². The summed E-state index contributed by atoms with van der Waals surface area (Å²) < 4.78 is 0. The minimum absolute atomic E-state index is 0.0478. The molecule has 0 amide bonds. The zero-order valence-corrected chi connectivity index (χ0v) is 7.46. The smallest absolute Gasteiger partial charge is 0.0900 e. The van der Waals surface area contributed by atoms with E-state index in [0.29, 0.717) is 12.8 Å². The van der Waals surface area contributed by atoms with Gasteiger partial charge in [0, 0.05) is 6.61 Å². The third-order valence-corrected chi connectivity index (χ3v) is 2.14. The second-order valence-electron chi connectivity index (χ2n) is 3.66. The molecule has 0 heterocycles. The Balaban J connectivity index is 4.00. The molecule has 0 aromatic rings. The molecular formula is C8H18O3. The fourth-order valence-electron chi connectivity index (χ4n) is 0.729. The van der Waals surface area contributed by atoms with Crippen molar-refractivity contribution in [3.8, 4) is 0 Å². The van der Waals surface area contributed by atoms with Crippen LogP contribution in [0.5, 0.6) is 0 Å². The first-order valence-electron chi connectivity index (χ1n) is 3.87. The van der Waals surface area contributed by atoms with Gasteiger partial charge in [0.2, 0.25) is 0 Å². The number of rotatable bonds is 4. The van der Waals surface area contributed by atoms with E-state index in [9.17, 15) is 10.2 Å². The van der Waals surface area contributed by atoms with Crippen LogP contribution >= 0.6 is 0 Å². The summed E-state index contributed by atoms with van der Waals surface area (Å²) in [5.41, 5.74) is -2.22. The summed E-state index contributed by atoms with van der Waals surface area (Å²) in [5, 5.41) is 27.6. The molecule has 0 aliphatic carbocycles. The van der Waals surface area contributed by atoms with Gasteiger partial charge in [-0.25, -0.2) is 0 Å². The second kappa shape index (κ2) is 3.52. The monoisotopic (exact) mass is 162 g/mol. The highest BCUT2D eigenvalue weighted by Crippen LogP contribution is 2.25. The van der Waals surface area contributed by atoms with E-state index in [1.165, 1.54) is 0 Å². The summed E-state index contributed by atoms with van der Waals surface area (Å²) in [7, 11) is 0. The number of aliphatic hydroxyl groups excluding tert-OH is 1. The lowest BCUT2D eigenvalue weighted by Crippen LogP contribution is -2.47. The molecular weight excluding hydrogens is 144 g/mol. The number of hydrogen-bond donors (Lipinski definition) is 3. The van der Waals surface area contributed by atoms with Crippen LogP contribution in [0, 0.1) is 0 Å². The normalized spacial score (nSPS) is 18.0. The van der Waals surface area contributed by atoms with E-state index in [-0.39, 0.29) is 6.61 Å². The third-order valence-electron chi connectivity index (χ3n) is 2.14. The van der Waals surface area contributed by atoms with Crippen molar-refractivity contribution < 1.29 is 15.3 Å². The van der Waals surface area contributed by atoms with Crippen molar-refractivity contribution in [3.05, 3.63) is 0 Å². The van der Waals surface area contributed by atoms with E-state index in [2.05, 4.69) is 0 Å². The van der Waals surface area contributed by atoms with Crippen molar-refractivity contribution >= 4 is 0 Å². The first kappa shape index (κ1) is 10.9. The largest absolute Gasteiger partial charge is 0.396 e. The van der Waals surface area contributed by atoms with Crippen LogP contribution in [0.1, 0.15) is 33.6 Å². The molecule has 1 unspecified atom stereocenters. The highest BCUT2D eigenvalue weighted by molar-refractivity contribution is 4.89. The summed E-state index contributed by atoms with van der Waals surface area (Å²) in [5.74, 6) is 0. The predicted molar refractivity (Wildman–Crippen MR) is 43.2 cm³/mol. The minimum atomic E-state index is -1.12. The van der Waals surface area contributed by atoms with Crippen LogP contribution in [0.2, 0.25) is 0 Å². The van der Waals surface area contributed by atoms with Crippen molar-refractivity contribution in [3.63, 3.8) is 0 Å². The lowest BCUT2D eigenvalue weighted by Gasteiger charge is -2.35. The van der Waals surface area contributed by atoms with Crippen LogP contribution in [-0.2, 0) is 0 Å². The zero-order valence-electron chi connectivity index (χ0n) is 7.46. The Bertz CT molecular complexity index is 113. The van der Waals surface area contributed by atoms with Crippen LogP contribution in [-0.4, -0.2) is 33.1 Å². The fourth-order valence-corrected chi connectivity index (χ4v) is 0.729. The molecule has 11 heavy (non-hydrogen) atoms. The Kier molecular flexibility index (Phi) is 3.48. The lowest BCUT2D eigenvalue weighted by atomic mass is 9.84. The number of hydrogen-bond acceptors (Lipinski definition) is 3. The number of aliphatic hydroxyl groups is 3. The van der Waals surface area contributed by atoms with Gasteiger partial charge in [-0.15, -0.1) is 0 Å². The average Bonchev–Trinajstić information content (AvgIpc) is 1.81. The summed E-state index contributed by atoms with van der Waals surface area (Å²) in [6, 6.07) is 0. The second-order valence-corrected chi connectivity index (χ2v) is 3.66. The Hall–Kier alpha value is -0.120. The van der Waals surface area contributed by atoms with E-state index in [0.717, 1.165) is 0 Å². The van der Waals surface area contributed by atoms with Gasteiger partial charge >= 0.3 is 0 Å². The van der Waals surface area contributed by atoms with Crippen LogP contribution in [0.3, 0.4) is 0 Å². The third kappa shape index (κ3) is 3.18. The van der Waals surface area contributed by atoms with E-state index in [1.54, 1.807) is 20.8 Å². The molecule has 1 atom stereocenters. The molecule has 0 aliphatic heterocycles. The van der Waals surface area contributed by atoms with Gasteiger partial charge in [0.25, 0.3) is 0 Å². The van der Waals surface area contributed by atoms with Crippen LogP contribution < -0.4 is 0 Å². The molecule has 3 nitrogen and oxygen atoms in total. The molecule has 0 aromatic heterocycles. The maximum atomic E-state index is 9.62. The molecule has 0 aromatic carbocycles. The van der Waals surface area contributed by atoms with Gasteiger partial charge in [-0.2, -0.15) is 0 Å². The van der Waals surface area contributed by atoms with Gasteiger partial charge in [-0.05, 0) is 33.6 Å². The standard InChI is InChI=1S/C8H18O3/c1-7(2,10)8(3,11)5-4-6-9/h9-11H,4-6H2,1-3H3. The Morgan fingerprint density at radius 3 is 1.82 bits per heavy atom. The van der Waals surface area contributed by atoms with Crippen molar-refractivity contribution in [2.24, 2.45) is 0 Å². The van der Waals surface area contributed by atoms with Crippen molar-refractivity contribution in [2.45, 2.75) is 44.8 Å². The summed E-state index contributed by atoms with van der Waals surface area (Å²) in [6.07, 6.45) is 0.921. The van der Waals surface area contributed by atoms with Crippen molar-refractivity contribution in [2.75, 3.05) is 6.61 Å². The summed E-state index contributed by atoms with van der Waals surface area (Å²) in [6.45, 7) is 4.74. The average molecular weight is 162 g/mol. The van der Waals surface area contributed by atoms with E-state index in [1.807, 2.05) is 0 Å². The van der Waals surface area contributed by atoms with Crippen molar-refractivity contribution in [1.82, 2.24) is 0 Å². The van der Waals surface area contributed by atoms with E-state index < -0.39 is 11.2 Å². The Labute approximate surface area is 67.7 Å². The van der Waals surface area contributed by atoms with Crippen LogP contribution in [0.4, 0.5) is 0 Å². The molecule has 0 fully saturated rings. The highest BCUT2D eigenvalue weighted by Gasteiger charge is 2.36. The van der Waals surface area contributed by atoms with Crippen LogP contribution in [0.25, 0.3) is 0 Å². The predicted octanol–water partition coefficient (Wildman–Crippen LogP) is 0.281. The maximum absolute atomic E-state index is 9.62. The van der Waals surface area contributed by atoms with E-state index >= 15 is 0 Å². The van der Waals surface area contributed by atoms with Crippen molar-refractivity contribution in [1.29, 1.82) is 0 Å². The molecule has 68 valence electrons. The fraction of sp³-hybridized carbons (Fsp3) is 1.00. The molecule has 0 rings (SSSR count). The summed E-state index contributed by atoms with van der Waals surface area (Å²) >= 11 is 0. The molecule has 0 aliphatic rings. The SMILES string of the molecule is CC(C)(O)C(C)(O)CCCO. The van der Waals surface area contributed by atoms with Gasteiger partial charge in [-0.1, -0.05) is 0 Å². The Morgan fingerprint density at radius 2 is 1.55 bits per heavy atom. The van der Waals surface area contributed by atoms with Gasteiger partial charge in [0.1, 0.15) is 0 Å². The molecule has 0 spiro atoms. The summed E-state index contributed by atoms with van der Waals surface area (Å²) in [4.78, 5) is 0. The molecule has 3 N–H and O–H groups in total. The first-order chi connectivity index (χ1) is 4.81. The van der Waals surface area contributed by atoms with E-state index in [4.69, 9.17) is 5.11 Å². The Morgan fingerprint density at radius 1 is 1.09 bits per heavy atom. The first-order valence-corrected chi connectivity index (χ1v) is 3.87. The molecule has 0 radical (unpaired) electrons. The minimum Gasteiger partial charge on any atom is -0.396 e. The molecule has 3 heteroatoms. The quantitative estimate of drug-likeness (QED) is 0.556.